The maximum absolute atomic E-state index is 11.4. The van der Waals surface area contributed by atoms with E-state index in [1.54, 1.807) is 13.0 Å². The van der Waals surface area contributed by atoms with Gasteiger partial charge in [0.1, 0.15) is 0 Å². The molecule has 18 heavy (non-hydrogen) atoms. The molecule has 1 rings (SSSR count). The highest BCUT2D eigenvalue weighted by Crippen LogP contribution is 2.24. The molecule has 0 aromatic carbocycles. The standard InChI is InChI=1S/C12H15NO5/c1-4-16-12(15)8(2)17-11-10(18-9(3)14)6-5-7-13-11/h5-8H,4H2,1-3H3. The van der Waals surface area contributed by atoms with Gasteiger partial charge in [0.2, 0.25) is 0 Å². The lowest BCUT2D eigenvalue weighted by Gasteiger charge is -2.14. The fourth-order valence-electron chi connectivity index (χ4n) is 1.17. The third kappa shape index (κ3) is 4.04. The number of esters is 2. The van der Waals surface area contributed by atoms with Crippen LogP contribution in [0.1, 0.15) is 20.8 Å². The maximum atomic E-state index is 11.4. The average Bonchev–Trinajstić information content (AvgIpc) is 2.31. The van der Waals surface area contributed by atoms with Crippen LogP contribution in [0.15, 0.2) is 18.3 Å². The second-order valence-electron chi connectivity index (χ2n) is 3.41. The van der Waals surface area contributed by atoms with Gasteiger partial charge in [-0.1, -0.05) is 0 Å². The summed E-state index contributed by atoms with van der Waals surface area (Å²) < 4.78 is 15.0. The van der Waals surface area contributed by atoms with Crippen LogP contribution in [0.2, 0.25) is 0 Å². The van der Waals surface area contributed by atoms with Crippen molar-refractivity contribution in [3.8, 4) is 11.6 Å². The largest absolute Gasteiger partial charge is 0.463 e. The summed E-state index contributed by atoms with van der Waals surface area (Å²) in [5.74, 6) is -0.747. The minimum atomic E-state index is -0.825. The SMILES string of the molecule is CCOC(=O)C(C)Oc1ncccc1OC(C)=O. The van der Waals surface area contributed by atoms with Crippen LogP contribution in [0.4, 0.5) is 0 Å². The molecule has 1 unspecified atom stereocenters. The third-order valence-corrected chi connectivity index (χ3v) is 1.90. The maximum Gasteiger partial charge on any atom is 0.347 e. The molecule has 0 fully saturated rings. The minimum Gasteiger partial charge on any atom is -0.463 e. The summed E-state index contributed by atoms with van der Waals surface area (Å²) in [4.78, 5) is 26.2. The van der Waals surface area contributed by atoms with Crippen molar-refractivity contribution in [2.45, 2.75) is 26.9 Å². The van der Waals surface area contributed by atoms with E-state index in [2.05, 4.69) is 4.98 Å². The van der Waals surface area contributed by atoms with E-state index in [4.69, 9.17) is 14.2 Å². The van der Waals surface area contributed by atoms with Crippen LogP contribution in [-0.4, -0.2) is 29.6 Å². The number of pyridine rings is 1. The number of carbonyl (C=O) groups excluding carboxylic acids is 2. The summed E-state index contributed by atoms with van der Waals surface area (Å²) in [5, 5.41) is 0. The minimum absolute atomic E-state index is 0.0771. The van der Waals surface area contributed by atoms with Crippen molar-refractivity contribution >= 4 is 11.9 Å². The van der Waals surface area contributed by atoms with E-state index in [0.717, 1.165) is 0 Å². The highest BCUT2D eigenvalue weighted by molar-refractivity contribution is 5.75. The van der Waals surface area contributed by atoms with Gasteiger partial charge in [-0.3, -0.25) is 4.79 Å². The van der Waals surface area contributed by atoms with Gasteiger partial charge in [0.05, 0.1) is 6.61 Å². The molecule has 0 amide bonds. The van der Waals surface area contributed by atoms with Gasteiger partial charge in [-0.2, -0.15) is 0 Å². The lowest BCUT2D eigenvalue weighted by atomic mass is 10.4. The fraction of sp³-hybridized carbons (Fsp3) is 0.417. The smallest absolute Gasteiger partial charge is 0.347 e. The molecule has 0 aliphatic carbocycles. The van der Waals surface area contributed by atoms with E-state index in [1.165, 1.54) is 26.1 Å². The van der Waals surface area contributed by atoms with E-state index in [9.17, 15) is 9.59 Å². The second kappa shape index (κ2) is 6.58. The van der Waals surface area contributed by atoms with E-state index >= 15 is 0 Å². The van der Waals surface area contributed by atoms with Gasteiger partial charge in [-0.05, 0) is 26.0 Å². The van der Waals surface area contributed by atoms with Crippen molar-refractivity contribution in [2.75, 3.05) is 6.61 Å². The van der Waals surface area contributed by atoms with Crippen LogP contribution in [0.5, 0.6) is 11.6 Å². The molecule has 6 nitrogen and oxygen atoms in total. The van der Waals surface area contributed by atoms with Gasteiger partial charge >= 0.3 is 11.9 Å². The predicted molar refractivity (Wildman–Crippen MR) is 62.3 cm³/mol. The Morgan fingerprint density at radius 2 is 2.17 bits per heavy atom. The monoisotopic (exact) mass is 253 g/mol. The predicted octanol–water partition coefficient (Wildman–Crippen LogP) is 1.34. The van der Waals surface area contributed by atoms with Gasteiger partial charge in [0.25, 0.3) is 5.88 Å². The first-order valence-corrected chi connectivity index (χ1v) is 5.51. The summed E-state index contributed by atoms with van der Waals surface area (Å²) in [6.45, 7) is 4.77. The van der Waals surface area contributed by atoms with E-state index in [0.29, 0.717) is 0 Å². The zero-order valence-electron chi connectivity index (χ0n) is 10.5. The summed E-state index contributed by atoms with van der Waals surface area (Å²) in [7, 11) is 0. The molecule has 1 aromatic heterocycles. The van der Waals surface area contributed by atoms with Crippen LogP contribution in [0.3, 0.4) is 0 Å². The Balaban J connectivity index is 2.77. The van der Waals surface area contributed by atoms with Gasteiger partial charge in [0, 0.05) is 13.1 Å². The second-order valence-corrected chi connectivity index (χ2v) is 3.41. The van der Waals surface area contributed by atoms with Crippen molar-refractivity contribution in [1.82, 2.24) is 4.98 Å². The highest BCUT2D eigenvalue weighted by Gasteiger charge is 2.19. The Hall–Kier alpha value is -2.11. The van der Waals surface area contributed by atoms with Crippen LogP contribution in [-0.2, 0) is 14.3 Å². The molecular formula is C12H15NO5. The Morgan fingerprint density at radius 3 is 2.78 bits per heavy atom. The number of rotatable bonds is 5. The summed E-state index contributed by atoms with van der Waals surface area (Å²) in [5.41, 5.74) is 0. The molecule has 0 radical (unpaired) electrons. The lowest BCUT2D eigenvalue weighted by molar-refractivity contribution is -0.150. The normalized spacial score (nSPS) is 11.5. The van der Waals surface area contributed by atoms with Crippen LogP contribution >= 0.6 is 0 Å². The highest BCUT2D eigenvalue weighted by atomic mass is 16.6. The molecular weight excluding hydrogens is 238 g/mol. The summed E-state index contributed by atoms with van der Waals surface area (Å²) in [6.07, 6.45) is 0.648. The molecule has 1 aromatic rings. The number of nitrogens with zero attached hydrogens (tertiary/aromatic N) is 1. The Kier molecular flexibility index (Phi) is 5.10. The quantitative estimate of drug-likeness (QED) is 0.737. The Bertz CT molecular complexity index is 432. The molecule has 98 valence electrons. The van der Waals surface area contributed by atoms with Crippen LogP contribution < -0.4 is 9.47 Å². The topological polar surface area (TPSA) is 74.7 Å². The zero-order chi connectivity index (χ0) is 13.5. The van der Waals surface area contributed by atoms with Crippen LogP contribution in [0.25, 0.3) is 0 Å². The molecule has 1 atom stereocenters. The molecule has 0 aliphatic rings. The fourth-order valence-corrected chi connectivity index (χ4v) is 1.17. The molecule has 1 heterocycles. The first-order valence-electron chi connectivity index (χ1n) is 5.51. The first kappa shape index (κ1) is 14.0. The van der Waals surface area contributed by atoms with Crippen LogP contribution in [0, 0.1) is 0 Å². The first-order chi connectivity index (χ1) is 8.54. The molecule has 0 N–H and O–H groups in total. The number of hydrogen-bond acceptors (Lipinski definition) is 6. The molecule has 0 saturated carbocycles. The van der Waals surface area contributed by atoms with Crippen molar-refractivity contribution in [3.63, 3.8) is 0 Å². The van der Waals surface area contributed by atoms with Crippen molar-refractivity contribution in [3.05, 3.63) is 18.3 Å². The van der Waals surface area contributed by atoms with Gasteiger partial charge in [-0.15, -0.1) is 0 Å². The third-order valence-electron chi connectivity index (χ3n) is 1.90. The Morgan fingerprint density at radius 1 is 1.44 bits per heavy atom. The molecule has 0 aliphatic heterocycles. The van der Waals surface area contributed by atoms with Gasteiger partial charge < -0.3 is 14.2 Å². The van der Waals surface area contributed by atoms with Gasteiger partial charge in [-0.25, -0.2) is 9.78 Å². The zero-order valence-corrected chi connectivity index (χ0v) is 10.5. The van der Waals surface area contributed by atoms with E-state index < -0.39 is 18.0 Å². The van der Waals surface area contributed by atoms with Crippen molar-refractivity contribution in [1.29, 1.82) is 0 Å². The lowest BCUT2D eigenvalue weighted by Crippen LogP contribution is -2.26. The Labute approximate surface area is 105 Å². The number of aromatic nitrogens is 1. The van der Waals surface area contributed by atoms with E-state index in [1.807, 2.05) is 0 Å². The summed E-state index contributed by atoms with van der Waals surface area (Å²) >= 11 is 0. The summed E-state index contributed by atoms with van der Waals surface area (Å²) in [6, 6.07) is 3.13. The molecule has 0 bridgehead atoms. The molecule has 0 saturated heterocycles. The van der Waals surface area contributed by atoms with Gasteiger partial charge in [0.15, 0.2) is 11.9 Å². The average molecular weight is 253 g/mol. The number of ether oxygens (including phenoxy) is 3. The van der Waals surface area contributed by atoms with E-state index in [-0.39, 0.29) is 18.2 Å². The molecule has 0 spiro atoms. The number of hydrogen-bond donors (Lipinski definition) is 0. The van der Waals surface area contributed by atoms with Crippen molar-refractivity contribution in [2.24, 2.45) is 0 Å². The van der Waals surface area contributed by atoms with Crippen molar-refractivity contribution < 1.29 is 23.8 Å². The number of carbonyl (C=O) groups is 2. The molecule has 6 heteroatoms.